The van der Waals surface area contributed by atoms with Crippen LogP contribution in [0.25, 0.3) is 10.9 Å². The third-order valence-corrected chi connectivity index (χ3v) is 5.95. The fourth-order valence-electron chi connectivity index (χ4n) is 2.94. The van der Waals surface area contributed by atoms with E-state index in [2.05, 4.69) is 5.32 Å². The van der Waals surface area contributed by atoms with Crippen LogP contribution in [0.2, 0.25) is 0 Å². The number of amides is 1. The number of aromatic nitrogens is 1. The third-order valence-electron chi connectivity index (χ3n) is 4.24. The third kappa shape index (κ3) is 4.36. The van der Waals surface area contributed by atoms with Crippen LogP contribution in [0.4, 0.5) is 4.39 Å². The summed E-state index contributed by atoms with van der Waals surface area (Å²) in [4.78, 5) is 12.3. The van der Waals surface area contributed by atoms with Gasteiger partial charge in [0, 0.05) is 23.6 Å². The number of para-hydroxylation sites is 1. The first kappa shape index (κ1) is 19.1. The van der Waals surface area contributed by atoms with Crippen LogP contribution in [0.3, 0.4) is 0 Å². The van der Waals surface area contributed by atoms with E-state index in [4.69, 9.17) is 0 Å². The lowest BCUT2D eigenvalue weighted by Crippen LogP contribution is -2.27. The van der Waals surface area contributed by atoms with Crippen molar-refractivity contribution in [2.75, 3.05) is 6.54 Å². The molecule has 0 saturated carbocycles. The fourth-order valence-corrected chi connectivity index (χ4v) is 4.53. The highest BCUT2D eigenvalue weighted by Crippen LogP contribution is 2.28. The quantitative estimate of drug-likeness (QED) is 0.675. The van der Waals surface area contributed by atoms with Crippen LogP contribution in [0, 0.1) is 5.82 Å². The molecule has 0 radical (unpaired) electrons. The Labute approximate surface area is 157 Å². The van der Waals surface area contributed by atoms with E-state index in [1.165, 1.54) is 30.5 Å². The second-order valence-corrected chi connectivity index (χ2v) is 8.33. The van der Waals surface area contributed by atoms with Crippen molar-refractivity contribution in [2.45, 2.75) is 30.5 Å². The van der Waals surface area contributed by atoms with Crippen molar-refractivity contribution < 1.29 is 17.6 Å². The summed E-state index contributed by atoms with van der Waals surface area (Å²) in [6.07, 6.45) is 2.34. The van der Waals surface area contributed by atoms with Gasteiger partial charge in [-0.25, -0.2) is 12.8 Å². The van der Waals surface area contributed by atoms with Gasteiger partial charge in [0.15, 0.2) is 9.84 Å². The van der Waals surface area contributed by atoms with E-state index in [0.717, 1.165) is 6.42 Å². The molecule has 0 fully saturated rings. The summed E-state index contributed by atoms with van der Waals surface area (Å²) < 4.78 is 40.7. The average Bonchev–Trinajstić information content (AvgIpc) is 3.01. The molecule has 142 valence electrons. The van der Waals surface area contributed by atoms with Crippen molar-refractivity contribution in [3.05, 3.63) is 66.1 Å². The van der Waals surface area contributed by atoms with Gasteiger partial charge >= 0.3 is 0 Å². The lowest BCUT2D eigenvalue weighted by atomic mass is 10.2. The number of sulfone groups is 1. The molecule has 0 atom stereocenters. The fraction of sp³-hybridized carbons (Fsp3) is 0.250. The van der Waals surface area contributed by atoms with Crippen molar-refractivity contribution in [2.24, 2.45) is 0 Å². The Balaban J connectivity index is 1.96. The molecule has 5 nitrogen and oxygen atoms in total. The van der Waals surface area contributed by atoms with Crippen LogP contribution in [0.5, 0.6) is 0 Å². The van der Waals surface area contributed by atoms with Gasteiger partial charge in [0.05, 0.1) is 10.6 Å². The van der Waals surface area contributed by atoms with E-state index in [-0.39, 0.29) is 23.1 Å². The number of benzene rings is 2. The molecule has 0 aliphatic rings. The molecule has 27 heavy (non-hydrogen) atoms. The molecule has 7 heteroatoms. The number of rotatable bonds is 7. The van der Waals surface area contributed by atoms with Crippen molar-refractivity contribution in [3.63, 3.8) is 0 Å². The van der Waals surface area contributed by atoms with Gasteiger partial charge < -0.3 is 9.88 Å². The number of halogens is 1. The van der Waals surface area contributed by atoms with Crippen LogP contribution in [-0.4, -0.2) is 25.4 Å². The van der Waals surface area contributed by atoms with E-state index < -0.39 is 15.7 Å². The van der Waals surface area contributed by atoms with E-state index in [9.17, 15) is 17.6 Å². The molecule has 1 amide bonds. The molecule has 0 unspecified atom stereocenters. The van der Waals surface area contributed by atoms with Gasteiger partial charge in [-0.15, -0.1) is 0 Å². The van der Waals surface area contributed by atoms with Crippen LogP contribution in [0.15, 0.2) is 59.6 Å². The molecule has 1 N–H and O–H groups in total. The maximum Gasteiger partial charge on any atom is 0.239 e. The summed E-state index contributed by atoms with van der Waals surface area (Å²) in [5, 5.41) is 3.37. The van der Waals surface area contributed by atoms with Gasteiger partial charge in [-0.05, 0) is 30.2 Å². The Bertz CT molecular complexity index is 1060. The number of carbonyl (C=O) groups excluding carboxylic acids is 1. The zero-order chi connectivity index (χ0) is 19.4. The van der Waals surface area contributed by atoms with E-state index in [1.54, 1.807) is 28.8 Å². The highest BCUT2D eigenvalue weighted by molar-refractivity contribution is 7.90. The Morgan fingerprint density at radius 3 is 2.52 bits per heavy atom. The molecular formula is C20H21FN2O3S. The molecule has 3 rings (SSSR count). The molecule has 0 aliphatic carbocycles. The summed E-state index contributed by atoms with van der Waals surface area (Å²) in [5.41, 5.74) is 1.19. The molecule has 3 aromatic rings. The number of fused-ring (bicyclic) bond motifs is 1. The molecule has 0 aliphatic heterocycles. The lowest BCUT2D eigenvalue weighted by molar-refractivity contribution is -0.121. The molecule has 2 aromatic carbocycles. The Morgan fingerprint density at radius 1 is 1.11 bits per heavy atom. The first-order valence-corrected chi connectivity index (χ1v) is 10.4. The van der Waals surface area contributed by atoms with Crippen molar-refractivity contribution in [1.29, 1.82) is 0 Å². The number of nitrogens with zero attached hydrogens (tertiary/aromatic N) is 1. The van der Waals surface area contributed by atoms with Crippen LogP contribution in [0.1, 0.15) is 18.9 Å². The molecular weight excluding hydrogens is 367 g/mol. The monoisotopic (exact) mass is 388 g/mol. The van der Waals surface area contributed by atoms with Gasteiger partial charge in [-0.2, -0.15) is 0 Å². The second kappa shape index (κ2) is 7.92. The molecule has 1 heterocycles. The summed E-state index contributed by atoms with van der Waals surface area (Å²) >= 11 is 0. The smallest absolute Gasteiger partial charge is 0.239 e. The van der Waals surface area contributed by atoms with Crippen LogP contribution >= 0.6 is 0 Å². The van der Waals surface area contributed by atoms with E-state index in [1.807, 2.05) is 6.92 Å². The van der Waals surface area contributed by atoms with Crippen molar-refractivity contribution in [1.82, 2.24) is 9.88 Å². The summed E-state index contributed by atoms with van der Waals surface area (Å²) in [6.45, 7) is 2.59. The minimum Gasteiger partial charge on any atom is -0.355 e. The topological polar surface area (TPSA) is 68.2 Å². The molecule has 0 spiro atoms. The van der Waals surface area contributed by atoms with E-state index in [0.29, 0.717) is 23.0 Å². The highest BCUT2D eigenvalue weighted by atomic mass is 32.2. The first-order chi connectivity index (χ1) is 12.9. The Morgan fingerprint density at radius 2 is 1.81 bits per heavy atom. The Kier molecular flexibility index (Phi) is 5.60. The zero-order valence-electron chi connectivity index (χ0n) is 15.0. The number of nitrogens with one attached hydrogen (secondary N) is 1. The number of carbonyl (C=O) groups is 1. The largest absolute Gasteiger partial charge is 0.355 e. The average molecular weight is 388 g/mol. The van der Waals surface area contributed by atoms with Crippen LogP contribution in [-0.2, 0) is 26.9 Å². The minimum atomic E-state index is -3.66. The molecule has 0 saturated heterocycles. The standard InChI is InChI=1S/C20H21FN2O3S/c1-2-11-22-20(24)13-23-12-19(17-5-3-4-6-18(17)23)27(25,26)14-15-7-9-16(21)10-8-15/h3-10,12H,2,11,13-14H2,1H3,(H,22,24). The predicted octanol–water partition coefficient (Wildman–Crippen LogP) is 3.28. The van der Waals surface area contributed by atoms with Gasteiger partial charge in [-0.3, -0.25) is 4.79 Å². The minimum absolute atomic E-state index is 0.0482. The van der Waals surface area contributed by atoms with Gasteiger partial charge in [0.25, 0.3) is 0 Å². The van der Waals surface area contributed by atoms with Gasteiger partial charge in [0.2, 0.25) is 5.91 Å². The summed E-state index contributed by atoms with van der Waals surface area (Å²) in [7, 11) is -3.66. The predicted molar refractivity (Wildman–Crippen MR) is 103 cm³/mol. The Hall–Kier alpha value is -2.67. The summed E-state index contributed by atoms with van der Waals surface area (Å²) in [6, 6.07) is 12.5. The van der Waals surface area contributed by atoms with Gasteiger partial charge in [0.1, 0.15) is 12.4 Å². The maximum absolute atomic E-state index is 13.1. The van der Waals surface area contributed by atoms with Crippen molar-refractivity contribution in [3.8, 4) is 0 Å². The van der Waals surface area contributed by atoms with Crippen LogP contribution < -0.4 is 5.32 Å². The van der Waals surface area contributed by atoms with Crippen molar-refractivity contribution >= 4 is 26.6 Å². The zero-order valence-corrected chi connectivity index (χ0v) is 15.8. The number of hydrogen-bond donors (Lipinski definition) is 1. The molecule has 0 bridgehead atoms. The maximum atomic E-state index is 13.1. The summed E-state index contributed by atoms with van der Waals surface area (Å²) in [5.74, 6) is -0.811. The number of hydrogen-bond acceptors (Lipinski definition) is 3. The first-order valence-electron chi connectivity index (χ1n) is 8.72. The molecule has 1 aromatic heterocycles. The van der Waals surface area contributed by atoms with Gasteiger partial charge in [-0.1, -0.05) is 37.3 Å². The second-order valence-electron chi connectivity index (χ2n) is 6.37. The lowest BCUT2D eigenvalue weighted by Gasteiger charge is -2.06. The normalized spacial score (nSPS) is 11.6. The highest BCUT2D eigenvalue weighted by Gasteiger charge is 2.22. The van der Waals surface area contributed by atoms with E-state index >= 15 is 0 Å². The SMILES string of the molecule is CCCNC(=O)Cn1cc(S(=O)(=O)Cc2ccc(F)cc2)c2ccccc21.